The minimum atomic E-state index is -5.22. The molecular formula is C31H29FN4O5S. The molecule has 0 saturated carbocycles. The van der Waals surface area contributed by atoms with Gasteiger partial charge in [0, 0.05) is 22.5 Å². The predicted molar refractivity (Wildman–Crippen MR) is 160 cm³/mol. The Bertz CT molecular complexity index is 2050. The molecule has 0 amide bonds. The number of fused-ring (bicyclic) bond motifs is 4. The normalized spacial score (nSPS) is 14.5. The highest BCUT2D eigenvalue weighted by molar-refractivity contribution is 7.81. The number of hydrogen-bond acceptors (Lipinski definition) is 7. The number of nitriles is 1. The monoisotopic (exact) mass is 588 g/mol. The third kappa shape index (κ3) is 5.19. The highest BCUT2D eigenvalue weighted by atomic mass is 32.3. The number of aromatic nitrogens is 2. The molecule has 0 bridgehead atoms. The molecule has 3 aromatic carbocycles. The molecule has 0 atom stereocenters. The lowest BCUT2D eigenvalue weighted by molar-refractivity contribution is 0.272. The summed E-state index contributed by atoms with van der Waals surface area (Å²) in [5.41, 5.74) is 3.53. The smallest absolute Gasteiger partial charge is 0.488 e. The van der Waals surface area contributed by atoms with E-state index in [2.05, 4.69) is 25.1 Å². The van der Waals surface area contributed by atoms with Crippen molar-refractivity contribution in [1.29, 1.82) is 5.26 Å². The molecule has 1 saturated heterocycles. The van der Waals surface area contributed by atoms with Gasteiger partial charge >= 0.3 is 10.5 Å². The molecule has 1 aliphatic rings. The minimum absolute atomic E-state index is 0.0713. The molecule has 6 rings (SSSR count). The minimum Gasteiger partial charge on any atom is -0.493 e. The molecule has 42 heavy (non-hydrogen) atoms. The van der Waals surface area contributed by atoms with E-state index in [1.165, 1.54) is 12.1 Å². The van der Waals surface area contributed by atoms with E-state index in [1.54, 1.807) is 30.3 Å². The van der Waals surface area contributed by atoms with Crippen molar-refractivity contribution in [3.8, 4) is 28.7 Å². The summed E-state index contributed by atoms with van der Waals surface area (Å²) in [6, 6.07) is 17.2. The molecular weight excluding hydrogens is 559 g/mol. The highest BCUT2D eigenvalue weighted by Gasteiger charge is 2.25. The van der Waals surface area contributed by atoms with Gasteiger partial charge in [-0.25, -0.2) is 0 Å². The first-order valence-corrected chi connectivity index (χ1v) is 15.1. The largest absolute Gasteiger partial charge is 0.493 e. The Labute approximate surface area is 241 Å². The van der Waals surface area contributed by atoms with Crippen molar-refractivity contribution in [2.24, 2.45) is 5.92 Å². The summed E-state index contributed by atoms with van der Waals surface area (Å²) in [5.74, 6) is 0.452. The maximum Gasteiger partial charge on any atom is 0.488 e. The summed E-state index contributed by atoms with van der Waals surface area (Å²) < 4.78 is 48.6. The van der Waals surface area contributed by atoms with Gasteiger partial charge in [-0.3, -0.25) is 4.79 Å². The topological polar surface area (TPSA) is 126 Å². The maximum absolute atomic E-state index is 14.2. The molecule has 1 aliphatic heterocycles. The van der Waals surface area contributed by atoms with Crippen LogP contribution in [0.2, 0.25) is 0 Å². The fraction of sp³-hybridized carbons (Fsp3) is 0.290. The number of ether oxygens (including phenoxy) is 1. The number of H-pyrrole nitrogens is 1. The Morgan fingerprint density at radius 3 is 2.60 bits per heavy atom. The van der Waals surface area contributed by atoms with E-state index in [9.17, 15) is 22.4 Å². The lowest BCUT2D eigenvalue weighted by Crippen LogP contribution is -2.30. The van der Waals surface area contributed by atoms with Crippen LogP contribution in [0.25, 0.3) is 44.0 Å². The number of halogens is 1. The molecule has 11 heteroatoms. The summed E-state index contributed by atoms with van der Waals surface area (Å²) in [6.07, 6.45) is 1.68. The van der Waals surface area contributed by atoms with E-state index >= 15 is 0 Å². The van der Waals surface area contributed by atoms with Crippen molar-refractivity contribution < 1.29 is 21.2 Å². The van der Waals surface area contributed by atoms with Gasteiger partial charge < -0.3 is 23.8 Å². The van der Waals surface area contributed by atoms with Crippen LogP contribution < -0.4 is 19.7 Å². The first-order chi connectivity index (χ1) is 20.1. The summed E-state index contributed by atoms with van der Waals surface area (Å²) in [5, 5.41) is 14.6. The lowest BCUT2D eigenvalue weighted by Gasteiger charge is -2.28. The van der Waals surface area contributed by atoms with Crippen LogP contribution in [-0.4, -0.2) is 37.7 Å². The fourth-order valence-electron chi connectivity index (χ4n) is 5.74. The molecule has 0 radical (unpaired) electrons. The SMILES string of the molecule is CC(C)COc1cc2c(=O)c3c4ccc(C#N)cc4[nH]c3n(C3CCNCC3)c2cc1-c1cccc(OS(=O)(=O)F)c1. The third-order valence-corrected chi connectivity index (χ3v) is 7.96. The Hall–Kier alpha value is -4.40. The van der Waals surface area contributed by atoms with Crippen LogP contribution in [0, 0.1) is 17.2 Å². The zero-order chi connectivity index (χ0) is 29.6. The number of rotatable bonds is 7. The fourth-order valence-corrected chi connectivity index (χ4v) is 6.08. The zero-order valence-corrected chi connectivity index (χ0v) is 23.9. The van der Waals surface area contributed by atoms with E-state index in [1.807, 2.05) is 26.0 Å². The van der Waals surface area contributed by atoms with E-state index in [-0.39, 0.29) is 23.1 Å². The van der Waals surface area contributed by atoms with E-state index in [0.717, 1.165) is 31.3 Å². The third-order valence-electron chi connectivity index (χ3n) is 7.56. The number of aromatic amines is 1. The van der Waals surface area contributed by atoms with Crippen molar-refractivity contribution >= 4 is 43.3 Å². The summed E-state index contributed by atoms with van der Waals surface area (Å²) in [6.45, 7) is 6.03. The molecule has 0 unspecified atom stereocenters. The average molecular weight is 589 g/mol. The van der Waals surface area contributed by atoms with Crippen molar-refractivity contribution in [3.05, 3.63) is 70.4 Å². The van der Waals surface area contributed by atoms with Gasteiger partial charge in [0.2, 0.25) is 0 Å². The second-order valence-corrected chi connectivity index (χ2v) is 11.9. The summed E-state index contributed by atoms with van der Waals surface area (Å²) in [7, 11) is -5.22. The molecule has 2 aromatic heterocycles. The predicted octanol–water partition coefficient (Wildman–Crippen LogP) is 5.73. The zero-order valence-electron chi connectivity index (χ0n) is 23.1. The highest BCUT2D eigenvalue weighted by Crippen LogP contribution is 2.39. The van der Waals surface area contributed by atoms with Crippen molar-refractivity contribution in [2.75, 3.05) is 19.7 Å². The van der Waals surface area contributed by atoms with Gasteiger partial charge in [0.05, 0.1) is 34.5 Å². The van der Waals surface area contributed by atoms with Crippen LogP contribution in [0.3, 0.4) is 0 Å². The Kier molecular flexibility index (Phi) is 7.12. The molecule has 2 N–H and O–H groups in total. The van der Waals surface area contributed by atoms with Gasteiger partial charge in [-0.1, -0.05) is 35.9 Å². The van der Waals surface area contributed by atoms with E-state index in [0.29, 0.717) is 56.5 Å². The number of piperidine rings is 1. The second-order valence-electron chi connectivity index (χ2n) is 11.0. The summed E-state index contributed by atoms with van der Waals surface area (Å²) >= 11 is 0. The summed E-state index contributed by atoms with van der Waals surface area (Å²) in [4.78, 5) is 17.6. The van der Waals surface area contributed by atoms with Crippen LogP contribution in [-0.2, 0) is 10.5 Å². The Morgan fingerprint density at radius 1 is 1.10 bits per heavy atom. The van der Waals surface area contributed by atoms with Gasteiger partial charge in [0.1, 0.15) is 17.1 Å². The quantitative estimate of drug-likeness (QED) is 0.233. The van der Waals surface area contributed by atoms with E-state index in [4.69, 9.17) is 4.74 Å². The molecule has 1 fully saturated rings. The van der Waals surface area contributed by atoms with Gasteiger partial charge in [0.15, 0.2) is 5.43 Å². The number of hydrogen-bond donors (Lipinski definition) is 2. The van der Waals surface area contributed by atoms with E-state index < -0.39 is 10.5 Å². The Balaban J connectivity index is 1.69. The molecule has 9 nitrogen and oxygen atoms in total. The van der Waals surface area contributed by atoms with Crippen molar-refractivity contribution in [3.63, 3.8) is 0 Å². The van der Waals surface area contributed by atoms with Crippen LogP contribution in [0.5, 0.6) is 11.5 Å². The molecule has 216 valence electrons. The van der Waals surface area contributed by atoms with Gasteiger partial charge in [-0.2, -0.15) is 13.7 Å². The number of benzene rings is 3. The lowest BCUT2D eigenvalue weighted by atomic mass is 9.98. The van der Waals surface area contributed by atoms with Crippen LogP contribution in [0.1, 0.15) is 38.3 Å². The van der Waals surface area contributed by atoms with Gasteiger partial charge in [0.25, 0.3) is 0 Å². The second kappa shape index (κ2) is 10.8. The standard InChI is InChI=1S/C31H29FN4O5S/c1-18(2)17-40-28-15-25-27(14-24(28)20-4-3-5-22(13-20)41-42(32,38)39)36(21-8-10-34-11-9-21)31-29(30(25)37)23-7-6-19(16-33)12-26(23)35-31/h3-7,12-15,18,21,34-35H,8-11,17H2,1-2H3. The molecule has 0 spiro atoms. The van der Waals surface area contributed by atoms with Crippen LogP contribution >= 0.6 is 0 Å². The van der Waals surface area contributed by atoms with Crippen molar-refractivity contribution in [1.82, 2.24) is 14.9 Å². The number of pyridine rings is 1. The maximum atomic E-state index is 14.2. The molecule has 0 aliphatic carbocycles. The number of nitrogens with zero attached hydrogens (tertiary/aromatic N) is 2. The van der Waals surface area contributed by atoms with Gasteiger partial charge in [-0.05, 0) is 73.8 Å². The van der Waals surface area contributed by atoms with Crippen molar-refractivity contribution in [2.45, 2.75) is 32.7 Å². The molecule has 5 aromatic rings. The first-order valence-electron chi connectivity index (χ1n) is 13.8. The van der Waals surface area contributed by atoms with Gasteiger partial charge in [-0.15, -0.1) is 0 Å². The number of nitrogens with one attached hydrogen (secondary N) is 2. The van der Waals surface area contributed by atoms with Crippen LogP contribution in [0.4, 0.5) is 3.89 Å². The average Bonchev–Trinajstić information content (AvgIpc) is 3.34. The molecule has 3 heterocycles. The van der Waals surface area contributed by atoms with Crippen LogP contribution in [0.15, 0.2) is 59.4 Å². The Morgan fingerprint density at radius 2 is 1.88 bits per heavy atom. The first kappa shape index (κ1) is 27.8.